The minimum atomic E-state index is -0.620. The molecule has 5 aromatic rings. The van der Waals surface area contributed by atoms with Crippen molar-refractivity contribution in [2.24, 2.45) is 0 Å². The van der Waals surface area contributed by atoms with Crippen LogP contribution in [0, 0.1) is 0 Å². The lowest BCUT2D eigenvalue weighted by atomic mass is 10.0. The van der Waals surface area contributed by atoms with Gasteiger partial charge in [-0.25, -0.2) is 14.7 Å². The minimum Gasteiger partial charge on any atom is -0.443 e. The van der Waals surface area contributed by atoms with Crippen LogP contribution in [-0.4, -0.2) is 26.6 Å². The molecule has 0 aliphatic rings. The van der Waals surface area contributed by atoms with Gasteiger partial charge in [-0.1, -0.05) is 42.5 Å². The van der Waals surface area contributed by atoms with E-state index in [-0.39, 0.29) is 0 Å². The van der Waals surface area contributed by atoms with Crippen LogP contribution in [0.1, 0.15) is 20.8 Å². The molecular weight excluding hydrogens is 472 g/mol. The highest BCUT2D eigenvalue weighted by Gasteiger charge is 2.25. The van der Waals surface area contributed by atoms with Gasteiger partial charge in [0.1, 0.15) is 5.60 Å². The molecule has 38 heavy (non-hydrogen) atoms. The summed E-state index contributed by atoms with van der Waals surface area (Å²) in [7, 11) is 0. The molecule has 0 radical (unpaired) electrons. The second-order valence-corrected chi connectivity index (χ2v) is 9.75. The van der Waals surface area contributed by atoms with Gasteiger partial charge in [-0.15, -0.1) is 0 Å². The van der Waals surface area contributed by atoms with Crippen LogP contribution < -0.4 is 4.90 Å². The van der Waals surface area contributed by atoms with E-state index in [1.54, 1.807) is 17.3 Å². The Labute approximate surface area is 222 Å². The predicted octanol–water partition coefficient (Wildman–Crippen LogP) is 7.95. The summed E-state index contributed by atoms with van der Waals surface area (Å²) < 4.78 is 5.72. The van der Waals surface area contributed by atoms with E-state index in [1.165, 1.54) is 0 Å². The second kappa shape index (κ2) is 10.6. The molecule has 0 fully saturated rings. The van der Waals surface area contributed by atoms with Crippen LogP contribution in [0.3, 0.4) is 0 Å². The molecule has 6 heteroatoms. The molecule has 188 valence electrons. The fourth-order valence-electron chi connectivity index (χ4n) is 4.04. The van der Waals surface area contributed by atoms with Crippen molar-refractivity contribution in [2.45, 2.75) is 26.4 Å². The normalized spacial score (nSPS) is 11.1. The number of nitrogens with zero attached hydrogens (tertiary/aromatic N) is 4. The Morgan fingerprint density at radius 1 is 0.632 bits per heavy atom. The number of hydrogen-bond acceptors (Lipinski definition) is 5. The van der Waals surface area contributed by atoms with Gasteiger partial charge in [0.25, 0.3) is 0 Å². The number of para-hydroxylation sites is 1. The number of carbonyl (C=O) groups excluding carboxylic acids is 1. The number of amides is 1. The van der Waals surface area contributed by atoms with Gasteiger partial charge in [-0.3, -0.25) is 9.97 Å². The average molecular weight is 501 g/mol. The van der Waals surface area contributed by atoms with Gasteiger partial charge in [0.2, 0.25) is 0 Å². The molecule has 1 amide bonds. The number of aromatic nitrogens is 3. The molecule has 3 heterocycles. The maximum Gasteiger partial charge on any atom is 0.419 e. The van der Waals surface area contributed by atoms with Crippen LogP contribution in [0.25, 0.3) is 33.9 Å². The fraction of sp³-hybridized carbons (Fsp3) is 0.125. The first-order valence-corrected chi connectivity index (χ1v) is 12.4. The van der Waals surface area contributed by atoms with Gasteiger partial charge in [0, 0.05) is 12.4 Å². The van der Waals surface area contributed by atoms with Gasteiger partial charge in [-0.05, 0) is 92.6 Å². The van der Waals surface area contributed by atoms with Crippen LogP contribution in [0.4, 0.5) is 16.2 Å². The van der Waals surface area contributed by atoms with Crippen molar-refractivity contribution in [3.05, 3.63) is 116 Å². The van der Waals surface area contributed by atoms with Gasteiger partial charge in [0.05, 0.1) is 34.2 Å². The molecule has 0 atom stereocenters. The molecule has 5 rings (SSSR count). The van der Waals surface area contributed by atoms with Gasteiger partial charge < -0.3 is 4.74 Å². The number of anilines is 2. The summed E-state index contributed by atoms with van der Waals surface area (Å²) >= 11 is 0. The number of benzene rings is 2. The van der Waals surface area contributed by atoms with Gasteiger partial charge in [-0.2, -0.15) is 0 Å². The number of ether oxygens (including phenoxy) is 1. The number of hydrogen-bond donors (Lipinski definition) is 0. The first-order valence-electron chi connectivity index (χ1n) is 12.4. The molecule has 0 spiro atoms. The van der Waals surface area contributed by atoms with Crippen molar-refractivity contribution in [3.8, 4) is 33.9 Å². The third-order valence-corrected chi connectivity index (χ3v) is 5.73. The molecule has 2 aromatic carbocycles. The molecule has 0 N–H and O–H groups in total. The first kappa shape index (κ1) is 24.8. The smallest absolute Gasteiger partial charge is 0.419 e. The average Bonchev–Trinajstić information content (AvgIpc) is 2.94. The molecule has 0 aliphatic carbocycles. The van der Waals surface area contributed by atoms with Crippen molar-refractivity contribution in [2.75, 3.05) is 4.90 Å². The molecule has 0 saturated heterocycles. The lowest BCUT2D eigenvalue weighted by molar-refractivity contribution is 0.0599. The molecule has 6 nitrogen and oxygen atoms in total. The van der Waals surface area contributed by atoms with E-state index in [1.807, 2.05) is 124 Å². The van der Waals surface area contributed by atoms with E-state index in [9.17, 15) is 4.79 Å². The van der Waals surface area contributed by atoms with Crippen LogP contribution in [0.2, 0.25) is 0 Å². The molecule has 0 bridgehead atoms. The van der Waals surface area contributed by atoms with Crippen molar-refractivity contribution in [3.63, 3.8) is 0 Å². The van der Waals surface area contributed by atoms with E-state index < -0.39 is 11.7 Å². The quantitative estimate of drug-likeness (QED) is 0.245. The third-order valence-electron chi connectivity index (χ3n) is 5.73. The lowest BCUT2D eigenvalue weighted by Crippen LogP contribution is -2.33. The highest BCUT2D eigenvalue weighted by atomic mass is 16.6. The van der Waals surface area contributed by atoms with Crippen molar-refractivity contribution in [1.82, 2.24) is 15.0 Å². The van der Waals surface area contributed by atoms with Crippen LogP contribution in [0.5, 0.6) is 0 Å². The summed E-state index contributed by atoms with van der Waals surface area (Å²) in [6.45, 7) is 5.58. The minimum absolute atomic E-state index is 0.435. The van der Waals surface area contributed by atoms with E-state index in [2.05, 4.69) is 9.97 Å². The van der Waals surface area contributed by atoms with Gasteiger partial charge >= 0.3 is 6.09 Å². The highest BCUT2D eigenvalue weighted by molar-refractivity contribution is 5.96. The predicted molar refractivity (Wildman–Crippen MR) is 151 cm³/mol. The van der Waals surface area contributed by atoms with E-state index in [0.717, 1.165) is 39.6 Å². The monoisotopic (exact) mass is 500 g/mol. The Balaban J connectivity index is 1.55. The second-order valence-electron chi connectivity index (χ2n) is 9.75. The Bertz CT molecular complexity index is 1460. The summed E-state index contributed by atoms with van der Waals surface area (Å²) in [5.74, 6) is 0. The van der Waals surface area contributed by atoms with Crippen molar-refractivity contribution < 1.29 is 9.53 Å². The van der Waals surface area contributed by atoms with Crippen LogP contribution >= 0.6 is 0 Å². The summed E-state index contributed by atoms with van der Waals surface area (Å²) in [5.41, 5.74) is 5.84. The van der Waals surface area contributed by atoms with Crippen LogP contribution in [-0.2, 0) is 4.74 Å². The van der Waals surface area contributed by atoms with Crippen molar-refractivity contribution >= 4 is 17.5 Å². The maximum absolute atomic E-state index is 13.2. The summed E-state index contributed by atoms with van der Waals surface area (Å²) in [6, 6.07) is 32.9. The first-order chi connectivity index (χ1) is 18.4. The Morgan fingerprint density at radius 2 is 1.16 bits per heavy atom. The van der Waals surface area contributed by atoms with E-state index in [4.69, 9.17) is 9.72 Å². The molecular formula is C32H28N4O2. The zero-order valence-corrected chi connectivity index (χ0v) is 21.6. The van der Waals surface area contributed by atoms with Crippen molar-refractivity contribution in [1.29, 1.82) is 0 Å². The zero-order chi connectivity index (χ0) is 26.5. The Kier molecular flexibility index (Phi) is 6.96. The SMILES string of the molecule is CC(C)(C)OC(=O)N(c1ccccc1)c1ccc(-c2cc(-c3ccccn3)nc(-c3ccccn3)c2)cc1. The summed E-state index contributed by atoms with van der Waals surface area (Å²) in [5, 5.41) is 0. The zero-order valence-electron chi connectivity index (χ0n) is 21.6. The molecule has 0 unspecified atom stereocenters. The number of carbonyl (C=O) groups is 1. The molecule has 0 aliphatic heterocycles. The topological polar surface area (TPSA) is 68.2 Å². The van der Waals surface area contributed by atoms with Crippen LogP contribution in [0.15, 0.2) is 116 Å². The van der Waals surface area contributed by atoms with E-state index >= 15 is 0 Å². The number of rotatable bonds is 5. The molecule has 0 saturated carbocycles. The molecule has 3 aromatic heterocycles. The van der Waals surface area contributed by atoms with Gasteiger partial charge in [0.15, 0.2) is 0 Å². The fourth-order valence-corrected chi connectivity index (χ4v) is 4.04. The third kappa shape index (κ3) is 5.76. The number of pyridine rings is 3. The highest BCUT2D eigenvalue weighted by Crippen LogP contribution is 2.32. The lowest BCUT2D eigenvalue weighted by Gasteiger charge is -2.27. The maximum atomic E-state index is 13.2. The largest absolute Gasteiger partial charge is 0.443 e. The standard InChI is InChI=1S/C32H28N4O2/c1-32(2,3)38-31(37)36(25-11-5-4-6-12-25)26-17-15-23(16-18-26)24-21-29(27-13-7-9-19-33-27)35-30(22-24)28-14-8-10-20-34-28/h4-22H,1-3H3. The Morgan fingerprint density at radius 3 is 1.66 bits per heavy atom. The summed E-state index contributed by atoms with van der Waals surface area (Å²) in [4.78, 5) is 28.6. The Hall–Kier alpha value is -4.84. The summed E-state index contributed by atoms with van der Waals surface area (Å²) in [6.07, 6.45) is 3.08. The van der Waals surface area contributed by atoms with E-state index in [0.29, 0.717) is 5.69 Å².